The van der Waals surface area contributed by atoms with Crippen LogP contribution in [0, 0.1) is 6.92 Å². The highest BCUT2D eigenvalue weighted by Gasteiger charge is 2.19. The lowest BCUT2D eigenvalue weighted by Crippen LogP contribution is -2.40. The van der Waals surface area contributed by atoms with Crippen LogP contribution in [0.25, 0.3) is 0 Å². The molecule has 5 nitrogen and oxygen atoms in total. The summed E-state index contributed by atoms with van der Waals surface area (Å²) in [5.41, 5.74) is 0.921. The van der Waals surface area contributed by atoms with Gasteiger partial charge in [0, 0.05) is 11.3 Å². The van der Waals surface area contributed by atoms with E-state index >= 15 is 0 Å². The number of carboxylic acids is 1. The number of rotatable bonds is 5. The first-order valence-electron chi connectivity index (χ1n) is 5.62. The fourth-order valence-corrected chi connectivity index (χ4v) is 1.80. The van der Waals surface area contributed by atoms with E-state index in [1.54, 1.807) is 13.0 Å². The summed E-state index contributed by atoms with van der Waals surface area (Å²) in [6, 6.07) is 2.09. The Morgan fingerprint density at radius 2 is 2.17 bits per heavy atom. The van der Waals surface area contributed by atoms with E-state index in [1.165, 1.54) is 6.07 Å². The second-order valence-corrected chi connectivity index (χ2v) is 4.36. The molecule has 1 rings (SSSR count). The zero-order chi connectivity index (χ0) is 13.7. The predicted octanol–water partition coefficient (Wildman–Crippen LogP) is 2.03. The van der Waals surface area contributed by atoms with E-state index in [0.717, 1.165) is 0 Å². The summed E-state index contributed by atoms with van der Waals surface area (Å²) in [6.07, 6.45) is 1.06. The van der Waals surface area contributed by atoms with Gasteiger partial charge in [0.1, 0.15) is 11.2 Å². The first-order chi connectivity index (χ1) is 8.43. The maximum Gasteiger partial charge on any atom is 0.326 e. The number of aryl methyl sites for hydroxylation is 1. The van der Waals surface area contributed by atoms with Gasteiger partial charge in [-0.15, -0.1) is 0 Å². The van der Waals surface area contributed by atoms with Crippen molar-refractivity contribution in [3.05, 3.63) is 28.5 Å². The molecule has 1 unspecified atom stereocenters. The second kappa shape index (κ2) is 6.35. The smallest absolute Gasteiger partial charge is 0.326 e. The zero-order valence-electron chi connectivity index (χ0n) is 10.2. The normalized spacial score (nSPS) is 11.9. The van der Waals surface area contributed by atoms with Crippen LogP contribution in [0.4, 0.5) is 0 Å². The molecular formula is C12H15ClN2O3. The molecular weight excluding hydrogens is 256 g/mol. The summed E-state index contributed by atoms with van der Waals surface area (Å²) < 4.78 is 0. The maximum absolute atomic E-state index is 11.9. The minimum Gasteiger partial charge on any atom is -0.480 e. The lowest BCUT2D eigenvalue weighted by atomic mass is 10.1. The average Bonchev–Trinajstić information content (AvgIpc) is 2.26. The fraction of sp³-hybridized carbons (Fsp3) is 0.417. The lowest BCUT2D eigenvalue weighted by Gasteiger charge is -2.13. The van der Waals surface area contributed by atoms with Crippen molar-refractivity contribution in [2.24, 2.45) is 0 Å². The van der Waals surface area contributed by atoms with Crippen LogP contribution in [0.1, 0.15) is 35.8 Å². The molecule has 0 radical (unpaired) electrons. The van der Waals surface area contributed by atoms with Crippen molar-refractivity contribution in [3.63, 3.8) is 0 Å². The van der Waals surface area contributed by atoms with Gasteiger partial charge in [0.2, 0.25) is 0 Å². The molecule has 18 heavy (non-hydrogen) atoms. The summed E-state index contributed by atoms with van der Waals surface area (Å²) in [5, 5.41) is 11.6. The number of hydrogen-bond donors (Lipinski definition) is 2. The molecule has 1 amide bonds. The number of nitrogens with zero attached hydrogens (tertiary/aromatic N) is 1. The van der Waals surface area contributed by atoms with E-state index in [1.807, 2.05) is 6.92 Å². The molecule has 0 spiro atoms. The Morgan fingerprint density at radius 3 is 2.67 bits per heavy atom. The van der Waals surface area contributed by atoms with Crippen molar-refractivity contribution in [1.82, 2.24) is 10.3 Å². The number of carboxylic acid groups (broad SMARTS) is 1. The van der Waals surface area contributed by atoms with Crippen molar-refractivity contribution >= 4 is 23.5 Å². The third-order valence-electron chi connectivity index (χ3n) is 2.37. The highest BCUT2D eigenvalue weighted by molar-refractivity contribution is 6.29. The number of aromatic nitrogens is 1. The Hall–Kier alpha value is -1.62. The molecule has 1 atom stereocenters. The van der Waals surface area contributed by atoms with E-state index in [9.17, 15) is 9.59 Å². The third-order valence-corrected chi connectivity index (χ3v) is 2.56. The third kappa shape index (κ3) is 4.00. The van der Waals surface area contributed by atoms with E-state index in [4.69, 9.17) is 16.7 Å². The molecule has 1 aromatic heterocycles. The topological polar surface area (TPSA) is 79.3 Å². The number of hydrogen-bond acceptors (Lipinski definition) is 3. The minimum atomic E-state index is -1.04. The molecule has 0 bridgehead atoms. The summed E-state index contributed by atoms with van der Waals surface area (Å²) in [7, 11) is 0. The van der Waals surface area contributed by atoms with E-state index in [2.05, 4.69) is 10.3 Å². The van der Waals surface area contributed by atoms with Crippen LogP contribution in [-0.2, 0) is 4.79 Å². The van der Waals surface area contributed by atoms with Gasteiger partial charge in [-0.25, -0.2) is 9.78 Å². The number of halogens is 1. The Labute approximate surface area is 110 Å². The molecule has 0 aromatic carbocycles. The van der Waals surface area contributed by atoms with Crippen molar-refractivity contribution in [1.29, 1.82) is 0 Å². The van der Waals surface area contributed by atoms with Gasteiger partial charge in [0.15, 0.2) is 0 Å². The van der Waals surface area contributed by atoms with Crippen molar-refractivity contribution < 1.29 is 14.7 Å². The van der Waals surface area contributed by atoms with Gasteiger partial charge in [-0.05, 0) is 25.5 Å². The van der Waals surface area contributed by atoms with Crippen LogP contribution >= 0.6 is 11.6 Å². The number of carbonyl (C=O) groups excluding carboxylic acids is 1. The maximum atomic E-state index is 11.9. The van der Waals surface area contributed by atoms with E-state index in [0.29, 0.717) is 24.1 Å². The fourth-order valence-electron chi connectivity index (χ4n) is 1.55. The number of nitrogens with one attached hydrogen (secondary N) is 1. The van der Waals surface area contributed by atoms with Gasteiger partial charge in [0.25, 0.3) is 5.91 Å². The molecule has 0 fully saturated rings. The van der Waals surface area contributed by atoms with Crippen LogP contribution in [-0.4, -0.2) is 28.0 Å². The van der Waals surface area contributed by atoms with Crippen LogP contribution < -0.4 is 5.32 Å². The first kappa shape index (κ1) is 14.4. The summed E-state index contributed by atoms with van der Waals surface area (Å²) >= 11 is 5.75. The molecule has 1 aromatic rings. The van der Waals surface area contributed by atoms with Gasteiger partial charge in [-0.1, -0.05) is 24.9 Å². The molecule has 0 aliphatic carbocycles. The minimum absolute atomic E-state index is 0.211. The summed E-state index contributed by atoms with van der Waals surface area (Å²) in [5.74, 6) is -1.50. The van der Waals surface area contributed by atoms with E-state index in [-0.39, 0.29) is 5.15 Å². The van der Waals surface area contributed by atoms with Gasteiger partial charge in [0.05, 0.1) is 0 Å². The first-order valence-corrected chi connectivity index (χ1v) is 5.99. The van der Waals surface area contributed by atoms with Crippen molar-refractivity contribution in [2.75, 3.05) is 0 Å². The summed E-state index contributed by atoms with van der Waals surface area (Å²) in [4.78, 5) is 26.8. The average molecular weight is 271 g/mol. The van der Waals surface area contributed by atoms with Gasteiger partial charge < -0.3 is 10.4 Å². The highest BCUT2D eigenvalue weighted by Crippen LogP contribution is 2.11. The quantitative estimate of drug-likeness (QED) is 0.803. The predicted molar refractivity (Wildman–Crippen MR) is 67.8 cm³/mol. The molecule has 0 aliphatic heterocycles. The largest absolute Gasteiger partial charge is 0.480 e. The molecule has 98 valence electrons. The van der Waals surface area contributed by atoms with Crippen LogP contribution in [0.2, 0.25) is 5.15 Å². The molecule has 6 heteroatoms. The van der Waals surface area contributed by atoms with Crippen LogP contribution in [0.5, 0.6) is 0 Å². The highest BCUT2D eigenvalue weighted by atomic mass is 35.5. The lowest BCUT2D eigenvalue weighted by molar-refractivity contribution is -0.139. The van der Waals surface area contributed by atoms with Crippen LogP contribution in [0.15, 0.2) is 12.1 Å². The molecule has 0 saturated heterocycles. The zero-order valence-corrected chi connectivity index (χ0v) is 11.0. The molecule has 2 N–H and O–H groups in total. The monoisotopic (exact) mass is 270 g/mol. The molecule has 0 aliphatic rings. The van der Waals surface area contributed by atoms with Crippen molar-refractivity contribution in [2.45, 2.75) is 32.7 Å². The SMILES string of the molecule is CCCC(NC(=O)c1cc(C)nc(Cl)c1)C(=O)O. The van der Waals surface area contributed by atoms with Gasteiger partial charge in [-0.3, -0.25) is 4.79 Å². The number of amides is 1. The Balaban J connectivity index is 2.83. The second-order valence-electron chi connectivity index (χ2n) is 3.97. The number of carbonyl (C=O) groups is 2. The molecule has 1 heterocycles. The van der Waals surface area contributed by atoms with Crippen LogP contribution in [0.3, 0.4) is 0 Å². The van der Waals surface area contributed by atoms with Gasteiger partial charge in [-0.2, -0.15) is 0 Å². The Bertz CT molecular complexity index is 442. The standard InChI is InChI=1S/C12H15ClN2O3/c1-3-4-9(12(17)18)15-11(16)8-5-7(2)14-10(13)6-8/h5-6,9H,3-4H2,1-2H3,(H,15,16)(H,17,18). The number of pyridine rings is 1. The summed E-state index contributed by atoms with van der Waals surface area (Å²) in [6.45, 7) is 3.57. The molecule has 0 saturated carbocycles. The Kier molecular flexibility index (Phi) is 5.09. The number of aliphatic carboxylic acids is 1. The Morgan fingerprint density at radius 1 is 1.50 bits per heavy atom. The van der Waals surface area contributed by atoms with E-state index < -0.39 is 17.9 Å². The van der Waals surface area contributed by atoms with Gasteiger partial charge >= 0.3 is 5.97 Å². The van der Waals surface area contributed by atoms with Crippen molar-refractivity contribution in [3.8, 4) is 0 Å².